The van der Waals surface area contributed by atoms with Gasteiger partial charge in [-0.15, -0.1) is 14.8 Å². The molecule has 0 aliphatic heterocycles. The van der Waals surface area contributed by atoms with Crippen LogP contribution in [0.4, 0.5) is 5.82 Å². The average Bonchev–Trinajstić information content (AvgIpc) is 2.86. The zero-order valence-corrected chi connectivity index (χ0v) is 10.2. The fourth-order valence-corrected chi connectivity index (χ4v) is 2.33. The highest BCUT2D eigenvalue weighted by molar-refractivity contribution is 5.79. The lowest BCUT2D eigenvalue weighted by Gasteiger charge is -2.31. The van der Waals surface area contributed by atoms with Crippen molar-refractivity contribution >= 4 is 17.2 Å². The van der Waals surface area contributed by atoms with E-state index in [-0.39, 0.29) is 0 Å². The van der Waals surface area contributed by atoms with E-state index < -0.39 is 0 Å². The average molecular weight is 246 g/mol. The number of anilines is 1. The number of Topliss-reactive ketones (excluding diaryl/α,β-unsaturated/α-hetero) is 1. The van der Waals surface area contributed by atoms with Crippen LogP contribution in [0.25, 0.3) is 5.65 Å². The molecular weight excluding hydrogens is 232 g/mol. The minimum Gasteiger partial charge on any atom is -0.355 e. The van der Waals surface area contributed by atoms with E-state index in [0.29, 0.717) is 30.3 Å². The van der Waals surface area contributed by atoms with Gasteiger partial charge in [-0.2, -0.15) is 0 Å². The van der Waals surface area contributed by atoms with Crippen molar-refractivity contribution in [3.63, 3.8) is 0 Å². The van der Waals surface area contributed by atoms with Crippen LogP contribution in [-0.4, -0.2) is 44.1 Å². The van der Waals surface area contributed by atoms with Gasteiger partial charge in [-0.25, -0.2) is 0 Å². The second kappa shape index (κ2) is 4.32. The highest BCUT2D eigenvalue weighted by Gasteiger charge is 2.23. The Balaban J connectivity index is 1.82. The summed E-state index contributed by atoms with van der Waals surface area (Å²) < 4.78 is 1.42. The molecule has 1 aliphatic rings. The van der Waals surface area contributed by atoms with E-state index in [2.05, 4.69) is 25.5 Å². The summed E-state index contributed by atoms with van der Waals surface area (Å²) in [5.41, 5.74) is 0.631. The third-order valence-electron chi connectivity index (χ3n) is 3.48. The highest BCUT2D eigenvalue weighted by atomic mass is 16.1. The van der Waals surface area contributed by atoms with Crippen molar-refractivity contribution in [3.8, 4) is 0 Å². The molecule has 2 heterocycles. The second-order valence-corrected chi connectivity index (χ2v) is 4.60. The van der Waals surface area contributed by atoms with Gasteiger partial charge in [0.25, 0.3) is 0 Å². The molecule has 2 aromatic rings. The molecule has 0 radical (unpaired) electrons. The van der Waals surface area contributed by atoms with Gasteiger partial charge in [0, 0.05) is 25.9 Å². The number of aromatic nitrogens is 5. The summed E-state index contributed by atoms with van der Waals surface area (Å²) >= 11 is 0. The van der Waals surface area contributed by atoms with E-state index in [0.717, 1.165) is 18.7 Å². The van der Waals surface area contributed by atoms with Crippen molar-refractivity contribution in [3.05, 3.63) is 12.1 Å². The molecule has 7 heteroatoms. The molecule has 0 spiro atoms. The Hall–Kier alpha value is -2.05. The van der Waals surface area contributed by atoms with Gasteiger partial charge in [-0.05, 0) is 35.4 Å². The molecule has 18 heavy (non-hydrogen) atoms. The fraction of sp³-hybridized carbons (Fsp3) is 0.545. The predicted molar refractivity (Wildman–Crippen MR) is 64.2 cm³/mol. The smallest absolute Gasteiger partial charge is 0.200 e. The molecule has 0 saturated heterocycles. The predicted octanol–water partition coefficient (Wildman–Crippen LogP) is 0.467. The van der Waals surface area contributed by atoms with Crippen LogP contribution in [0.3, 0.4) is 0 Å². The van der Waals surface area contributed by atoms with Gasteiger partial charge in [-0.3, -0.25) is 4.79 Å². The maximum absolute atomic E-state index is 11.2. The number of ketones is 1. The molecule has 1 fully saturated rings. The van der Waals surface area contributed by atoms with Crippen molar-refractivity contribution in [1.82, 2.24) is 25.3 Å². The van der Waals surface area contributed by atoms with Crippen LogP contribution in [0.15, 0.2) is 12.1 Å². The molecule has 0 aromatic carbocycles. The van der Waals surface area contributed by atoms with Crippen LogP contribution in [0.2, 0.25) is 0 Å². The molecule has 3 rings (SSSR count). The van der Waals surface area contributed by atoms with E-state index in [9.17, 15) is 4.79 Å². The highest BCUT2D eigenvalue weighted by Crippen LogP contribution is 2.23. The number of tetrazole rings is 1. The van der Waals surface area contributed by atoms with E-state index in [4.69, 9.17) is 0 Å². The van der Waals surface area contributed by atoms with Crippen molar-refractivity contribution in [2.24, 2.45) is 0 Å². The number of carbonyl (C=O) groups is 1. The summed E-state index contributed by atoms with van der Waals surface area (Å²) in [4.78, 5) is 13.3. The van der Waals surface area contributed by atoms with Gasteiger partial charge in [0.15, 0.2) is 11.5 Å². The van der Waals surface area contributed by atoms with Crippen LogP contribution in [0, 0.1) is 0 Å². The topological polar surface area (TPSA) is 76.3 Å². The molecule has 0 bridgehead atoms. The number of fused-ring (bicyclic) bond motifs is 1. The molecule has 1 aliphatic carbocycles. The summed E-state index contributed by atoms with van der Waals surface area (Å²) in [6, 6.07) is 4.11. The first kappa shape index (κ1) is 11.1. The molecule has 0 amide bonds. The lowest BCUT2D eigenvalue weighted by atomic mass is 9.93. The fourth-order valence-electron chi connectivity index (χ4n) is 2.33. The van der Waals surface area contributed by atoms with Crippen molar-refractivity contribution in [2.45, 2.75) is 31.7 Å². The zero-order valence-electron chi connectivity index (χ0n) is 10.2. The molecule has 0 unspecified atom stereocenters. The van der Waals surface area contributed by atoms with E-state index in [1.165, 1.54) is 4.63 Å². The third-order valence-corrected chi connectivity index (χ3v) is 3.48. The normalized spacial score (nSPS) is 17.3. The first-order chi connectivity index (χ1) is 8.74. The number of hydrogen-bond acceptors (Lipinski definition) is 6. The van der Waals surface area contributed by atoms with Crippen LogP contribution in [0.1, 0.15) is 25.7 Å². The van der Waals surface area contributed by atoms with Crippen molar-refractivity contribution in [2.75, 3.05) is 11.9 Å². The van der Waals surface area contributed by atoms with Crippen LogP contribution in [-0.2, 0) is 4.79 Å². The summed E-state index contributed by atoms with van der Waals surface area (Å²) in [7, 11) is 2.00. The number of nitrogens with zero attached hydrogens (tertiary/aromatic N) is 6. The van der Waals surface area contributed by atoms with Gasteiger partial charge in [0.1, 0.15) is 5.78 Å². The molecular formula is C11H14N6O. The Kier molecular flexibility index (Phi) is 2.66. The van der Waals surface area contributed by atoms with Crippen molar-refractivity contribution in [1.29, 1.82) is 0 Å². The van der Waals surface area contributed by atoms with Crippen LogP contribution < -0.4 is 4.90 Å². The quantitative estimate of drug-likeness (QED) is 0.766. The molecule has 7 nitrogen and oxygen atoms in total. The largest absolute Gasteiger partial charge is 0.355 e. The monoisotopic (exact) mass is 246 g/mol. The SMILES string of the molecule is CN(c1ccc2nnnn2n1)C1CCC(=O)CC1. The van der Waals surface area contributed by atoms with Crippen LogP contribution in [0.5, 0.6) is 0 Å². The van der Waals surface area contributed by atoms with Gasteiger partial charge in [0.05, 0.1) is 0 Å². The van der Waals surface area contributed by atoms with Gasteiger partial charge >= 0.3 is 0 Å². The van der Waals surface area contributed by atoms with Crippen molar-refractivity contribution < 1.29 is 4.79 Å². The minimum absolute atomic E-state index is 0.364. The van der Waals surface area contributed by atoms with Gasteiger partial charge < -0.3 is 4.90 Å². The first-order valence-electron chi connectivity index (χ1n) is 6.04. The summed E-state index contributed by atoms with van der Waals surface area (Å²) in [6.07, 6.45) is 3.12. The Labute approximate surface area is 104 Å². The zero-order chi connectivity index (χ0) is 12.5. The Morgan fingerprint density at radius 2 is 2.11 bits per heavy atom. The van der Waals surface area contributed by atoms with E-state index in [1.807, 2.05) is 19.2 Å². The number of carbonyl (C=O) groups excluding carboxylic acids is 1. The van der Waals surface area contributed by atoms with Gasteiger partial charge in [0.2, 0.25) is 0 Å². The maximum atomic E-state index is 11.2. The minimum atomic E-state index is 0.364. The van der Waals surface area contributed by atoms with Gasteiger partial charge in [-0.1, -0.05) is 0 Å². The van der Waals surface area contributed by atoms with E-state index >= 15 is 0 Å². The molecule has 0 N–H and O–H groups in total. The second-order valence-electron chi connectivity index (χ2n) is 4.60. The molecule has 1 saturated carbocycles. The Morgan fingerprint density at radius 3 is 2.89 bits per heavy atom. The molecule has 94 valence electrons. The summed E-state index contributed by atoms with van der Waals surface area (Å²) in [5, 5.41) is 15.5. The maximum Gasteiger partial charge on any atom is 0.200 e. The third kappa shape index (κ3) is 1.92. The first-order valence-corrected chi connectivity index (χ1v) is 6.04. The lowest BCUT2D eigenvalue weighted by Crippen LogP contribution is -2.36. The molecule has 0 atom stereocenters. The Morgan fingerprint density at radius 1 is 1.33 bits per heavy atom. The number of rotatable bonds is 2. The molecule has 2 aromatic heterocycles. The summed E-state index contributed by atoms with van der Waals surface area (Å²) in [6.45, 7) is 0. The number of hydrogen-bond donors (Lipinski definition) is 0. The van der Waals surface area contributed by atoms with Crippen LogP contribution >= 0.6 is 0 Å². The lowest BCUT2D eigenvalue weighted by molar-refractivity contribution is -0.120. The summed E-state index contributed by atoms with van der Waals surface area (Å²) in [5.74, 6) is 1.19. The van der Waals surface area contributed by atoms with E-state index in [1.54, 1.807) is 0 Å². The Bertz CT molecular complexity index is 570. The standard InChI is InChI=1S/C11H14N6O/c1-16(8-2-4-9(18)5-3-8)11-7-6-10-12-14-15-17(10)13-11/h6-8H,2-5H2,1H3.